The zero-order chi connectivity index (χ0) is 23.3. The number of sulfonamides is 1. The first-order valence-corrected chi connectivity index (χ1v) is 11.6. The van der Waals surface area contributed by atoms with E-state index in [0.717, 1.165) is 10.5 Å². The molecule has 166 valence electrons. The molecule has 1 N–H and O–H groups in total. The van der Waals surface area contributed by atoms with E-state index < -0.39 is 28.3 Å². The van der Waals surface area contributed by atoms with Gasteiger partial charge in [-0.2, -0.15) is 5.10 Å². The summed E-state index contributed by atoms with van der Waals surface area (Å²) in [7, 11) is -4.16. The summed E-state index contributed by atoms with van der Waals surface area (Å²) in [5.41, 5.74) is 2.20. The van der Waals surface area contributed by atoms with Gasteiger partial charge in [-0.3, -0.25) is 9.10 Å². The maximum atomic E-state index is 13.8. The highest BCUT2D eigenvalue weighted by atomic mass is 35.5. The quantitative estimate of drug-likeness (QED) is 0.351. The molecule has 0 aliphatic heterocycles. The van der Waals surface area contributed by atoms with E-state index in [-0.39, 0.29) is 26.2 Å². The Morgan fingerprint density at radius 3 is 2.38 bits per heavy atom. The van der Waals surface area contributed by atoms with E-state index in [9.17, 15) is 17.6 Å². The van der Waals surface area contributed by atoms with Gasteiger partial charge in [0.05, 0.1) is 26.8 Å². The Morgan fingerprint density at radius 2 is 1.72 bits per heavy atom. The molecule has 11 heteroatoms. The number of hydrogen-bond acceptors (Lipinski definition) is 4. The molecule has 0 radical (unpaired) electrons. The van der Waals surface area contributed by atoms with Crippen molar-refractivity contribution in [2.75, 3.05) is 10.8 Å². The minimum absolute atomic E-state index is 0.0241. The highest BCUT2D eigenvalue weighted by Gasteiger charge is 2.28. The summed E-state index contributed by atoms with van der Waals surface area (Å²) < 4.78 is 41.1. The summed E-state index contributed by atoms with van der Waals surface area (Å²) in [5, 5.41) is 4.11. The Morgan fingerprint density at radius 1 is 1.00 bits per heavy atom. The molecule has 0 aliphatic rings. The molecule has 0 fully saturated rings. The molecule has 0 spiro atoms. The van der Waals surface area contributed by atoms with Crippen LogP contribution in [0.25, 0.3) is 0 Å². The van der Waals surface area contributed by atoms with Gasteiger partial charge in [-0.05, 0) is 42.5 Å². The molecule has 0 atom stereocenters. The standard InChI is InChI=1S/C21H15Cl3FN3O3S/c22-14-9-10-20(18(24)11-14)28(32(30,31)15-5-2-1-3-6-15)13-21(29)27-26-12-16-17(23)7-4-8-19(16)25/h1-12H,13H2,(H,27,29)/b26-12-. The second-order valence-electron chi connectivity index (χ2n) is 6.35. The van der Waals surface area contributed by atoms with Crippen LogP contribution in [0.2, 0.25) is 15.1 Å². The van der Waals surface area contributed by atoms with E-state index in [1.54, 1.807) is 18.2 Å². The number of hydrazone groups is 1. The predicted molar refractivity (Wildman–Crippen MR) is 125 cm³/mol. The lowest BCUT2D eigenvalue weighted by Gasteiger charge is -2.24. The van der Waals surface area contributed by atoms with Crippen LogP contribution in [-0.4, -0.2) is 27.1 Å². The fourth-order valence-electron chi connectivity index (χ4n) is 2.67. The molecule has 0 saturated carbocycles. The molecule has 1 amide bonds. The van der Waals surface area contributed by atoms with Crippen LogP contribution < -0.4 is 9.73 Å². The highest BCUT2D eigenvalue weighted by Crippen LogP contribution is 2.32. The Labute approximate surface area is 199 Å². The smallest absolute Gasteiger partial charge is 0.264 e. The topological polar surface area (TPSA) is 78.8 Å². The monoisotopic (exact) mass is 513 g/mol. The average molecular weight is 515 g/mol. The molecular formula is C21H15Cl3FN3O3S. The van der Waals surface area contributed by atoms with Crippen molar-refractivity contribution in [3.63, 3.8) is 0 Å². The highest BCUT2D eigenvalue weighted by molar-refractivity contribution is 7.92. The Hall–Kier alpha value is -2.65. The van der Waals surface area contributed by atoms with Crippen molar-refractivity contribution >= 4 is 62.6 Å². The van der Waals surface area contributed by atoms with Crippen LogP contribution in [0.5, 0.6) is 0 Å². The molecule has 0 bridgehead atoms. The summed E-state index contributed by atoms with van der Waals surface area (Å²) in [6.07, 6.45) is 1.03. The first-order chi connectivity index (χ1) is 15.2. The molecule has 3 rings (SSSR count). The van der Waals surface area contributed by atoms with Crippen molar-refractivity contribution in [1.29, 1.82) is 0 Å². The predicted octanol–water partition coefficient (Wildman–Crippen LogP) is 5.13. The van der Waals surface area contributed by atoms with Crippen LogP contribution in [0, 0.1) is 5.82 Å². The third-order valence-electron chi connectivity index (χ3n) is 4.18. The van der Waals surface area contributed by atoms with Crippen molar-refractivity contribution in [1.82, 2.24) is 5.43 Å². The summed E-state index contributed by atoms with van der Waals surface area (Å²) in [4.78, 5) is 12.5. The van der Waals surface area contributed by atoms with Gasteiger partial charge in [-0.15, -0.1) is 0 Å². The number of halogens is 4. The molecule has 6 nitrogen and oxygen atoms in total. The van der Waals surface area contributed by atoms with Crippen molar-refractivity contribution in [3.05, 3.63) is 93.2 Å². The van der Waals surface area contributed by atoms with Crippen LogP contribution in [0.3, 0.4) is 0 Å². The van der Waals surface area contributed by atoms with Gasteiger partial charge in [0.2, 0.25) is 0 Å². The number of amides is 1. The van der Waals surface area contributed by atoms with E-state index in [0.29, 0.717) is 5.02 Å². The first kappa shape index (κ1) is 24.0. The maximum Gasteiger partial charge on any atom is 0.264 e. The van der Waals surface area contributed by atoms with E-state index in [1.807, 2.05) is 0 Å². The number of nitrogens with one attached hydrogen (secondary N) is 1. The van der Waals surface area contributed by atoms with Crippen LogP contribution >= 0.6 is 34.8 Å². The van der Waals surface area contributed by atoms with Gasteiger partial charge in [0.15, 0.2) is 0 Å². The molecule has 0 heterocycles. The minimum Gasteiger partial charge on any atom is -0.271 e. The van der Waals surface area contributed by atoms with Crippen LogP contribution in [0.15, 0.2) is 76.7 Å². The molecule has 3 aromatic carbocycles. The fraction of sp³-hybridized carbons (Fsp3) is 0.0476. The lowest BCUT2D eigenvalue weighted by atomic mass is 10.2. The molecule has 0 aromatic heterocycles. The van der Waals surface area contributed by atoms with E-state index in [1.165, 1.54) is 48.5 Å². The number of rotatable bonds is 7. The lowest BCUT2D eigenvalue weighted by Crippen LogP contribution is -2.39. The first-order valence-electron chi connectivity index (χ1n) is 8.99. The minimum atomic E-state index is -4.16. The SMILES string of the molecule is O=C(CN(c1ccc(Cl)cc1Cl)S(=O)(=O)c1ccccc1)N/N=C\c1c(F)cccc1Cl. The number of hydrogen-bond donors (Lipinski definition) is 1. The number of anilines is 1. The Balaban J connectivity index is 1.89. The van der Waals surface area contributed by atoms with Gasteiger partial charge in [0.25, 0.3) is 15.9 Å². The number of carbonyl (C=O) groups excluding carboxylic acids is 1. The average Bonchev–Trinajstić information content (AvgIpc) is 2.75. The summed E-state index contributed by atoms with van der Waals surface area (Å²) in [6, 6.07) is 15.8. The molecule has 0 unspecified atom stereocenters. The van der Waals surface area contributed by atoms with Gasteiger partial charge in [0.1, 0.15) is 12.4 Å². The van der Waals surface area contributed by atoms with Crippen molar-refractivity contribution in [2.24, 2.45) is 5.10 Å². The van der Waals surface area contributed by atoms with Crippen molar-refractivity contribution in [2.45, 2.75) is 4.90 Å². The van der Waals surface area contributed by atoms with Crippen LogP contribution in [0.4, 0.5) is 10.1 Å². The molecule has 0 saturated heterocycles. The van der Waals surface area contributed by atoms with Crippen molar-refractivity contribution < 1.29 is 17.6 Å². The van der Waals surface area contributed by atoms with Gasteiger partial charge in [-0.25, -0.2) is 18.2 Å². The third-order valence-corrected chi connectivity index (χ3v) is 6.82. The summed E-state index contributed by atoms with van der Waals surface area (Å²) in [6.45, 7) is -0.652. The molecule has 32 heavy (non-hydrogen) atoms. The zero-order valence-corrected chi connectivity index (χ0v) is 19.3. The normalized spacial score (nSPS) is 11.5. The van der Waals surface area contributed by atoms with E-state index in [2.05, 4.69) is 10.5 Å². The Bertz CT molecular complexity index is 1250. The number of carbonyl (C=O) groups is 1. The number of nitrogens with zero attached hydrogens (tertiary/aromatic N) is 2. The zero-order valence-electron chi connectivity index (χ0n) is 16.2. The lowest BCUT2D eigenvalue weighted by molar-refractivity contribution is -0.119. The van der Waals surface area contributed by atoms with Crippen LogP contribution in [-0.2, 0) is 14.8 Å². The molecule has 0 aliphatic carbocycles. The largest absolute Gasteiger partial charge is 0.271 e. The van der Waals surface area contributed by atoms with E-state index in [4.69, 9.17) is 34.8 Å². The third kappa shape index (κ3) is 5.58. The Kier molecular flexibility index (Phi) is 7.73. The van der Waals surface area contributed by atoms with Gasteiger partial charge in [-0.1, -0.05) is 59.1 Å². The summed E-state index contributed by atoms with van der Waals surface area (Å²) in [5.74, 6) is -1.42. The fourth-order valence-corrected chi connectivity index (χ4v) is 4.90. The summed E-state index contributed by atoms with van der Waals surface area (Å²) >= 11 is 18.0. The van der Waals surface area contributed by atoms with Crippen LogP contribution in [0.1, 0.15) is 5.56 Å². The van der Waals surface area contributed by atoms with Gasteiger partial charge >= 0.3 is 0 Å². The molecule has 3 aromatic rings. The van der Waals surface area contributed by atoms with E-state index >= 15 is 0 Å². The second kappa shape index (κ2) is 10.3. The van der Waals surface area contributed by atoms with Gasteiger partial charge in [0, 0.05) is 10.6 Å². The maximum absolute atomic E-state index is 13.8. The second-order valence-corrected chi connectivity index (χ2v) is 9.46. The van der Waals surface area contributed by atoms with Gasteiger partial charge < -0.3 is 0 Å². The van der Waals surface area contributed by atoms with Crippen molar-refractivity contribution in [3.8, 4) is 0 Å². The molecular weight excluding hydrogens is 500 g/mol. The number of benzene rings is 3.